The molecule has 6 unspecified atom stereocenters. The van der Waals surface area contributed by atoms with E-state index in [0.29, 0.717) is 27.6 Å². The van der Waals surface area contributed by atoms with Crippen molar-refractivity contribution in [2.75, 3.05) is 16.9 Å². The number of aromatic nitrogens is 2. The summed E-state index contributed by atoms with van der Waals surface area (Å²) in [5.74, 6) is -6.64. The van der Waals surface area contributed by atoms with Gasteiger partial charge < -0.3 is 14.9 Å². The van der Waals surface area contributed by atoms with Crippen molar-refractivity contribution in [2.24, 2.45) is 36.1 Å². The van der Waals surface area contributed by atoms with Gasteiger partial charge in [-0.05, 0) is 98.2 Å². The zero-order chi connectivity index (χ0) is 39.5. The number of anilines is 2. The van der Waals surface area contributed by atoms with Crippen LogP contribution in [0.4, 0.5) is 11.5 Å². The number of phenolic OH excluding ortho intramolecular Hbond substituents is 1. The van der Waals surface area contributed by atoms with Gasteiger partial charge in [0.15, 0.2) is 0 Å². The highest BCUT2D eigenvalue weighted by molar-refractivity contribution is 7.22. The number of aryl methyl sites for hydroxylation is 2. The van der Waals surface area contributed by atoms with E-state index in [4.69, 9.17) is 21.4 Å². The Labute approximate surface area is 329 Å². The Kier molecular flexibility index (Phi) is 8.08. The molecular weight excluding hydrogens is 756 g/mol. The summed E-state index contributed by atoms with van der Waals surface area (Å²) in [7, 11) is 3.17. The van der Waals surface area contributed by atoms with E-state index in [0.717, 1.165) is 25.4 Å². The lowest BCUT2D eigenvalue weighted by atomic mass is 9.51. The van der Waals surface area contributed by atoms with Gasteiger partial charge >= 0.3 is 5.97 Å². The van der Waals surface area contributed by atoms with Crippen LogP contribution in [0.1, 0.15) is 47.2 Å². The highest BCUT2D eigenvalue weighted by atomic mass is 35.5. The molecular formula is C42H35ClN4O8S. The number of benzene rings is 3. The number of phenols is 1. The zero-order valence-corrected chi connectivity index (χ0v) is 32.2. The number of ether oxygens (including phenoxy) is 1. The predicted octanol–water partition coefficient (Wildman–Crippen LogP) is 7.11. The normalized spacial score (nSPS) is 25.7. The molecule has 2 aliphatic heterocycles. The van der Waals surface area contributed by atoms with Gasteiger partial charge in [0.1, 0.15) is 23.0 Å². The highest BCUT2D eigenvalue weighted by Crippen LogP contribution is 2.64. The number of fused-ring (bicyclic) bond motifs is 5. The summed E-state index contributed by atoms with van der Waals surface area (Å²) in [4.78, 5) is 73.5. The van der Waals surface area contributed by atoms with E-state index < -0.39 is 64.6 Å². The van der Waals surface area contributed by atoms with E-state index in [1.54, 1.807) is 32.2 Å². The van der Waals surface area contributed by atoms with Gasteiger partial charge in [0.05, 0.1) is 46.4 Å². The molecule has 4 heterocycles. The molecule has 3 fully saturated rings. The SMILES string of the molecule is COc1ccc(O)c(C2C3=CCC4C(=O)N(c5cccc(C(=O)O)c5)C(=O)C4C3CC3C(=O)N(c4cc(-c5sc6ccc(Cl)cc6c5C)nn4C)C(=O)C32C)c1. The Balaban J connectivity index is 1.16. The summed E-state index contributed by atoms with van der Waals surface area (Å²) in [5.41, 5.74) is 1.26. The van der Waals surface area contributed by atoms with Crippen LogP contribution in [-0.2, 0) is 26.2 Å². The molecule has 4 amide bonds. The maximum atomic E-state index is 15.1. The van der Waals surface area contributed by atoms with Gasteiger partial charge in [0.2, 0.25) is 23.6 Å². The Hall–Kier alpha value is -5.79. The smallest absolute Gasteiger partial charge is 0.335 e. The molecule has 0 bridgehead atoms. The fraction of sp³-hybridized carbons (Fsp3) is 0.286. The van der Waals surface area contributed by atoms with Crippen LogP contribution in [0.3, 0.4) is 0 Å². The monoisotopic (exact) mass is 790 g/mol. The number of methoxy groups -OCH3 is 1. The lowest BCUT2D eigenvalue weighted by molar-refractivity contribution is -0.131. The minimum atomic E-state index is -1.42. The second-order valence-corrected chi connectivity index (χ2v) is 16.7. The average molecular weight is 791 g/mol. The van der Waals surface area contributed by atoms with E-state index in [1.807, 2.05) is 31.2 Å². The molecule has 5 aromatic rings. The Morgan fingerprint density at radius 2 is 1.77 bits per heavy atom. The van der Waals surface area contributed by atoms with E-state index in [9.17, 15) is 29.4 Å². The maximum Gasteiger partial charge on any atom is 0.335 e. The molecule has 0 radical (unpaired) electrons. The summed E-state index contributed by atoms with van der Waals surface area (Å²) in [5, 5.41) is 27.5. The Morgan fingerprint density at radius 1 is 0.982 bits per heavy atom. The molecule has 2 saturated heterocycles. The second kappa shape index (κ2) is 12.6. The van der Waals surface area contributed by atoms with Gasteiger partial charge in [-0.25, -0.2) is 9.69 Å². The summed E-state index contributed by atoms with van der Waals surface area (Å²) < 4.78 is 8.09. The summed E-state index contributed by atoms with van der Waals surface area (Å²) >= 11 is 7.84. The van der Waals surface area contributed by atoms with Crippen LogP contribution in [0.2, 0.25) is 5.02 Å². The van der Waals surface area contributed by atoms with E-state index in [1.165, 1.54) is 58.4 Å². The van der Waals surface area contributed by atoms with Crippen molar-refractivity contribution < 1.29 is 38.9 Å². The zero-order valence-electron chi connectivity index (χ0n) is 30.6. The molecule has 4 aliphatic rings. The first-order valence-corrected chi connectivity index (χ1v) is 19.3. The van der Waals surface area contributed by atoms with E-state index in [-0.39, 0.29) is 35.7 Å². The number of rotatable bonds is 6. The van der Waals surface area contributed by atoms with E-state index >= 15 is 4.79 Å². The van der Waals surface area contributed by atoms with Gasteiger partial charge in [0.25, 0.3) is 0 Å². The van der Waals surface area contributed by atoms with Crippen molar-refractivity contribution in [2.45, 2.75) is 32.6 Å². The largest absolute Gasteiger partial charge is 0.508 e. The number of hydrogen-bond donors (Lipinski definition) is 2. The number of carbonyl (C=O) groups is 5. The molecule has 2 aliphatic carbocycles. The predicted molar refractivity (Wildman–Crippen MR) is 209 cm³/mol. The maximum absolute atomic E-state index is 15.1. The lowest BCUT2D eigenvalue weighted by Crippen LogP contribution is -2.49. The Morgan fingerprint density at radius 3 is 2.52 bits per heavy atom. The van der Waals surface area contributed by atoms with Crippen molar-refractivity contribution in [3.63, 3.8) is 0 Å². The molecule has 6 atom stereocenters. The molecule has 56 heavy (non-hydrogen) atoms. The summed E-state index contributed by atoms with van der Waals surface area (Å²) in [6.45, 7) is 3.72. The number of carboxylic acids is 1. The van der Waals surface area contributed by atoms with Gasteiger partial charge in [-0.1, -0.05) is 29.3 Å². The third kappa shape index (κ3) is 4.96. The van der Waals surface area contributed by atoms with Crippen molar-refractivity contribution in [3.05, 3.63) is 100 Å². The van der Waals surface area contributed by atoms with Gasteiger partial charge in [-0.3, -0.25) is 28.8 Å². The molecule has 1 saturated carbocycles. The van der Waals surface area contributed by atoms with Crippen molar-refractivity contribution >= 4 is 74.1 Å². The number of allylic oxidation sites excluding steroid dienone is 2. The van der Waals surface area contributed by atoms with Crippen LogP contribution in [0.5, 0.6) is 11.5 Å². The minimum Gasteiger partial charge on any atom is -0.508 e. The molecule has 2 aromatic heterocycles. The van der Waals surface area contributed by atoms with Crippen LogP contribution >= 0.6 is 22.9 Å². The lowest BCUT2D eigenvalue weighted by Gasteiger charge is -2.49. The first-order chi connectivity index (χ1) is 26.7. The third-order valence-electron chi connectivity index (χ3n) is 12.4. The molecule has 2 N–H and O–H groups in total. The first-order valence-electron chi connectivity index (χ1n) is 18.1. The van der Waals surface area contributed by atoms with Gasteiger partial charge in [-0.2, -0.15) is 5.10 Å². The fourth-order valence-electron chi connectivity index (χ4n) is 9.72. The van der Waals surface area contributed by atoms with Crippen LogP contribution < -0.4 is 14.5 Å². The van der Waals surface area contributed by atoms with Crippen molar-refractivity contribution in [1.29, 1.82) is 0 Å². The molecule has 12 nitrogen and oxygen atoms in total. The number of amides is 4. The number of imide groups is 2. The number of aromatic carboxylic acids is 1. The fourth-order valence-corrected chi connectivity index (χ4v) is 11.0. The number of halogens is 1. The number of hydrogen-bond acceptors (Lipinski definition) is 9. The number of carbonyl (C=O) groups excluding carboxylic acids is 4. The Bertz CT molecular complexity index is 2630. The molecule has 14 heteroatoms. The van der Waals surface area contributed by atoms with Crippen LogP contribution in [0.15, 0.2) is 78.4 Å². The number of carboxylic acid groups (broad SMARTS) is 1. The van der Waals surface area contributed by atoms with E-state index in [2.05, 4.69) is 0 Å². The number of aromatic hydroxyl groups is 1. The van der Waals surface area contributed by atoms with Crippen LogP contribution in [-0.4, -0.2) is 56.7 Å². The molecule has 284 valence electrons. The topological polar surface area (TPSA) is 159 Å². The van der Waals surface area contributed by atoms with Crippen molar-refractivity contribution in [1.82, 2.24) is 9.78 Å². The molecule has 9 rings (SSSR count). The highest BCUT2D eigenvalue weighted by Gasteiger charge is 2.68. The summed E-state index contributed by atoms with van der Waals surface area (Å²) in [6, 6.07) is 17.8. The average Bonchev–Trinajstić information content (AvgIpc) is 3.85. The standard InChI is InChI=1S/C42H35ClN4O8S/c1-19-26-15-21(43)8-13-32(26)56-36(19)30-18-33(45(3)44-30)47-38(50)29-17-27-24(35(42(29,2)41(47)54)28-16-23(55-4)9-12-31(28)48)10-11-25-34(27)39(51)46(37(25)49)22-7-5-6-20(14-22)40(52)53/h5-10,12-16,18,25,27,29,34-35,48H,11,17H2,1-4H3,(H,52,53). The third-order valence-corrected chi connectivity index (χ3v) is 13.9. The quantitative estimate of drug-likeness (QED) is 0.135. The van der Waals surface area contributed by atoms with Crippen LogP contribution in [0, 0.1) is 36.0 Å². The number of thiophene rings is 1. The molecule has 0 spiro atoms. The van der Waals surface area contributed by atoms with Gasteiger partial charge in [0, 0.05) is 34.3 Å². The minimum absolute atomic E-state index is 0.0702. The van der Waals surface area contributed by atoms with Crippen molar-refractivity contribution in [3.8, 4) is 22.1 Å². The summed E-state index contributed by atoms with van der Waals surface area (Å²) in [6.07, 6.45) is 2.15. The number of nitrogens with zero attached hydrogens (tertiary/aromatic N) is 4. The van der Waals surface area contributed by atoms with Gasteiger partial charge in [-0.15, -0.1) is 11.3 Å². The van der Waals surface area contributed by atoms with Crippen LogP contribution in [0.25, 0.3) is 20.7 Å². The first kappa shape index (κ1) is 35.9. The molecule has 3 aromatic carbocycles. The second-order valence-electron chi connectivity index (χ2n) is 15.2.